The molecule has 0 aliphatic carbocycles. The van der Waals surface area contributed by atoms with E-state index < -0.39 is 22.0 Å². The molecule has 0 saturated carbocycles. The zero-order valence-electron chi connectivity index (χ0n) is 11.5. The Bertz CT molecular complexity index is 566. The van der Waals surface area contributed by atoms with Crippen LogP contribution in [0.4, 0.5) is 0 Å². The van der Waals surface area contributed by atoms with Gasteiger partial charge in [0, 0.05) is 5.41 Å². The van der Waals surface area contributed by atoms with E-state index in [4.69, 9.17) is 5.11 Å². The van der Waals surface area contributed by atoms with Gasteiger partial charge in [0.2, 0.25) is 10.0 Å². The van der Waals surface area contributed by atoms with Crippen molar-refractivity contribution in [3.05, 3.63) is 41.3 Å². The molecular formula is C14H19NO4S. The Morgan fingerprint density at radius 3 is 2.45 bits per heavy atom. The predicted molar refractivity (Wildman–Crippen MR) is 78.4 cm³/mol. The Hall–Kier alpha value is -1.66. The standard InChI is InChI=1S/C14H19NO4S/c1-3-11(2)13(14(16)17)15-20(18,19)10-9-12-7-5-4-6-8-12/h4-11,13,15H,3H2,1-2H3,(H,16,17)/t11?,13-/m0/s1. The topological polar surface area (TPSA) is 83.5 Å². The van der Waals surface area contributed by atoms with E-state index in [2.05, 4.69) is 4.72 Å². The highest BCUT2D eigenvalue weighted by Crippen LogP contribution is 2.10. The second-order valence-electron chi connectivity index (χ2n) is 4.58. The summed E-state index contributed by atoms with van der Waals surface area (Å²) in [5.74, 6) is -1.46. The number of carboxylic acids is 1. The molecule has 1 rings (SSSR count). The largest absolute Gasteiger partial charge is 0.480 e. The summed E-state index contributed by atoms with van der Waals surface area (Å²) in [6, 6.07) is 7.81. The number of hydrogen-bond acceptors (Lipinski definition) is 3. The fraction of sp³-hybridized carbons (Fsp3) is 0.357. The first-order valence-electron chi connectivity index (χ1n) is 6.34. The van der Waals surface area contributed by atoms with Crippen molar-refractivity contribution < 1.29 is 18.3 Å². The van der Waals surface area contributed by atoms with Crippen LogP contribution in [0.3, 0.4) is 0 Å². The minimum absolute atomic E-state index is 0.285. The summed E-state index contributed by atoms with van der Waals surface area (Å²) in [7, 11) is -3.79. The van der Waals surface area contributed by atoms with Gasteiger partial charge in [0.15, 0.2) is 0 Å². The third-order valence-electron chi connectivity index (χ3n) is 3.01. The molecule has 0 saturated heterocycles. The first-order chi connectivity index (χ1) is 9.35. The lowest BCUT2D eigenvalue weighted by molar-refractivity contribution is -0.140. The number of aliphatic carboxylic acids is 1. The summed E-state index contributed by atoms with van der Waals surface area (Å²) in [4.78, 5) is 11.1. The molecule has 6 heteroatoms. The van der Waals surface area contributed by atoms with E-state index in [0.29, 0.717) is 6.42 Å². The SMILES string of the molecule is CCC(C)[C@H](NS(=O)(=O)C=Cc1ccccc1)C(=O)O. The lowest BCUT2D eigenvalue weighted by atomic mass is 10.0. The van der Waals surface area contributed by atoms with Crippen LogP contribution in [0.5, 0.6) is 0 Å². The quantitative estimate of drug-likeness (QED) is 0.807. The molecule has 0 aromatic heterocycles. The van der Waals surface area contributed by atoms with Gasteiger partial charge in [0.25, 0.3) is 0 Å². The lowest BCUT2D eigenvalue weighted by Gasteiger charge is -2.18. The fourth-order valence-corrected chi connectivity index (χ4v) is 2.70. The minimum atomic E-state index is -3.79. The van der Waals surface area contributed by atoms with Gasteiger partial charge in [-0.25, -0.2) is 8.42 Å². The summed E-state index contributed by atoms with van der Waals surface area (Å²) in [5.41, 5.74) is 0.730. The van der Waals surface area contributed by atoms with Crippen molar-refractivity contribution in [3.8, 4) is 0 Å². The number of sulfonamides is 1. The molecule has 0 fully saturated rings. The first-order valence-corrected chi connectivity index (χ1v) is 7.88. The molecule has 0 bridgehead atoms. The molecule has 5 nitrogen and oxygen atoms in total. The van der Waals surface area contributed by atoms with Crippen LogP contribution in [0.25, 0.3) is 6.08 Å². The van der Waals surface area contributed by atoms with E-state index >= 15 is 0 Å². The van der Waals surface area contributed by atoms with Gasteiger partial charge in [-0.3, -0.25) is 4.79 Å². The molecule has 1 unspecified atom stereocenters. The molecule has 0 radical (unpaired) electrons. The van der Waals surface area contributed by atoms with Crippen molar-refractivity contribution in [2.75, 3.05) is 0 Å². The Labute approximate surface area is 119 Å². The zero-order chi connectivity index (χ0) is 15.2. The molecule has 0 aliphatic rings. The van der Waals surface area contributed by atoms with Crippen LogP contribution in [0, 0.1) is 5.92 Å². The van der Waals surface area contributed by atoms with Crippen LogP contribution in [-0.2, 0) is 14.8 Å². The van der Waals surface area contributed by atoms with Crippen molar-refractivity contribution in [2.24, 2.45) is 5.92 Å². The van der Waals surface area contributed by atoms with Crippen molar-refractivity contribution in [3.63, 3.8) is 0 Å². The average molecular weight is 297 g/mol. The lowest BCUT2D eigenvalue weighted by Crippen LogP contribution is -2.44. The maximum Gasteiger partial charge on any atom is 0.322 e. The van der Waals surface area contributed by atoms with Gasteiger partial charge in [-0.05, 0) is 17.6 Å². The Morgan fingerprint density at radius 2 is 1.95 bits per heavy atom. The number of rotatable bonds is 7. The maximum absolute atomic E-state index is 11.9. The van der Waals surface area contributed by atoms with Crippen LogP contribution in [0.2, 0.25) is 0 Å². The molecule has 1 aromatic carbocycles. The van der Waals surface area contributed by atoms with Crippen LogP contribution >= 0.6 is 0 Å². The Kier molecular flexibility index (Phi) is 5.91. The fourth-order valence-electron chi connectivity index (χ4n) is 1.59. The van der Waals surface area contributed by atoms with Gasteiger partial charge in [-0.2, -0.15) is 4.72 Å². The molecular weight excluding hydrogens is 278 g/mol. The van der Waals surface area contributed by atoms with Crippen molar-refractivity contribution in [1.82, 2.24) is 4.72 Å². The average Bonchev–Trinajstić information content (AvgIpc) is 2.43. The number of nitrogens with one attached hydrogen (secondary N) is 1. The third kappa shape index (κ3) is 5.14. The van der Waals surface area contributed by atoms with Crippen LogP contribution in [0.15, 0.2) is 35.7 Å². The second-order valence-corrected chi connectivity index (χ2v) is 6.18. The molecule has 20 heavy (non-hydrogen) atoms. The molecule has 2 N–H and O–H groups in total. The molecule has 110 valence electrons. The van der Waals surface area contributed by atoms with E-state index in [1.807, 2.05) is 13.0 Å². The molecule has 0 amide bonds. The van der Waals surface area contributed by atoms with E-state index in [1.165, 1.54) is 6.08 Å². The minimum Gasteiger partial charge on any atom is -0.480 e. The van der Waals surface area contributed by atoms with Crippen LogP contribution < -0.4 is 4.72 Å². The normalized spacial score (nSPS) is 15.1. The van der Waals surface area contributed by atoms with Crippen molar-refractivity contribution in [1.29, 1.82) is 0 Å². The van der Waals surface area contributed by atoms with E-state index in [1.54, 1.807) is 31.2 Å². The highest BCUT2D eigenvalue weighted by Gasteiger charge is 2.27. The second kappa shape index (κ2) is 7.21. The summed E-state index contributed by atoms with van der Waals surface area (Å²) >= 11 is 0. The van der Waals surface area contributed by atoms with Crippen LogP contribution in [0.1, 0.15) is 25.8 Å². The number of benzene rings is 1. The summed E-state index contributed by atoms with van der Waals surface area (Å²) in [6.07, 6.45) is 2.00. The summed E-state index contributed by atoms with van der Waals surface area (Å²) < 4.78 is 26.0. The molecule has 0 heterocycles. The van der Waals surface area contributed by atoms with E-state index in [-0.39, 0.29) is 5.92 Å². The third-order valence-corrected chi connectivity index (χ3v) is 4.09. The molecule has 1 aromatic rings. The monoisotopic (exact) mass is 297 g/mol. The summed E-state index contributed by atoms with van der Waals surface area (Å²) in [6.45, 7) is 3.51. The van der Waals surface area contributed by atoms with Gasteiger partial charge in [-0.1, -0.05) is 50.6 Å². The number of hydrogen-bond donors (Lipinski definition) is 2. The highest BCUT2D eigenvalue weighted by atomic mass is 32.2. The highest BCUT2D eigenvalue weighted by molar-refractivity contribution is 7.92. The van der Waals surface area contributed by atoms with Crippen molar-refractivity contribution >= 4 is 22.1 Å². The Balaban J connectivity index is 2.83. The predicted octanol–water partition coefficient (Wildman–Crippen LogP) is 2.08. The zero-order valence-corrected chi connectivity index (χ0v) is 12.3. The van der Waals surface area contributed by atoms with Crippen LogP contribution in [-0.4, -0.2) is 25.5 Å². The Morgan fingerprint density at radius 1 is 1.35 bits per heavy atom. The maximum atomic E-state index is 11.9. The van der Waals surface area contributed by atoms with Gasteiger partial charge in [-0.15, -0.1) is 0 Å². The van der Waals surface area contributed by atoms with Gasteiger partial charge < -0.3 is 5.11 Å². The van der Waals surface area contributed by atoms with Gasteiger partial charge in [0.1, 0.15) is 6.04 Å². The first kappa shape index (κ1) is 16.4. The number of carboxylic acid groups (broad SMARTS) is 1. The van der Waals surface area contributed by atoms with E-state index in [0.717, 1.165) is 11.0 Å². The molecule has 0 aliphatic heterocycles. The van der Waals surface area contributed by atoms with Gasteiger partial charge in [0.05, 0.1) is 0 Å². The summed E-state index contributed by atoms with van der Waals surface area (Å²) in [5, 5.41) is 10.1. The van der Waals surface area contributed by atoms with Gasteiger partial charge >= 0.3 is 5.97 Å². The van der Waals surface area contributed by atoms with E-state index in [9.17, 15) is 13.2 Å². The smallest absolute Gasteiger partial charge is 0.322 e. The van der Waals surface area contributed by atoms with Crippen molar-refractivity contribution in [2.45, 2.75) is 26.3 Å². The number of carbonyl (C=O) groups is 1. The molecule has 2 atom stereocenters. The molecule has 0 spiro atoms.